The molecular weight excluding hydrogens is 470 g/mol. The highest BCUT2D eigenvalue weighted by Crippen LogP contribution is 2.34. The highest BCUT2D eigenvalue weighted by molar-refractivity contribution is 5.70. The molecule has 1 N–H and O–H groups in total. The first-order valence-electron chi connectivity index (χ1n) is 11.9. The molecule has 37 heavy (non-hydrogen) atoms. The molecule has 0 fully saturated rings. The van der Waals surface area contributed by atoms with E-state index >= 15 is 0 Å². The van der Waals surface area contributed by atoms with Gasteiger partial charge >= 0.3 is 5.69 Å². The van der Waals surface area contributed by atoms with Crippen molar-refractivity contribution in [1.29, 1.82) is 0 Å². The summed E-state index contributed by atoms with van der Waals surface area (Å²) in [6.07, 6.45) is 1.97. The van der Waals surface area contributed by atoms with Crippen LogP contribution in [0.1, 0.15) is 16.7 Å². The molecule has 0 spiro atoms. The number of hydrogen-bond acceptors (Lipinski definition) is 8. The van der Waals surface area contributed by atoms with Crippen LogP contribution in [0.15, 0.2) is 85.2 Å². The molecule has 0 aliphatic carbocycles. The highest BCUT2D eigenvalue weighted by Gasteiger charge is 2.27. The fourth-order valence-electron chi connectivity index (χ4n) is 4.07. The first-order valence-corrected chi connectivity index (χ1v) is 11.9. The van der Waals surface area contributed by atoms with Gasteiger partial charge in [0.15, 0.2) is 11.5 Å². The first kappa shape index (κ1) is 25.4. The van der Waals surface area contributed by atoms with Crippen molar-refractivity contribution in [2.45, 2.75) is 19.5 Å². The summed E-state index contributed by atoms with van der Waals surface area (Å²) in [7, 11) is 3.17. The molecule has 0 aliphatic heterocycles. The number of ether oxygens (including phenoxy) is 2. The minimum absolute atomic E-state index is 0.151. The largest absolute Gasteiger partial charge is 0.493 e. The molecule has 0 bridgehead atoms. The summed E-state index contributed by atoms with van der Waals surface area (Å²) in [5.41, 5.74) is 2.89. The lowest BCUT2D eigenvalue weighted by molar-refractivity contribution is -0.383. The Morgan fingerprint density at radius 1 is 0.838 bits per heavy atom. The maximum atomic E-state index is 12.3. The summed E-state index contributed by atoms with van der Waals surface area (Å²) >= 11 is 0. The minimum Gasteiger partial charge on any atom is -0.493 e. The van der Waals surface area contributed by atoms with Gasteiger partial charge in [-0.2, -0.15) is 0 Å². The van der Waals surface area contributed by atoms with Crippen LogP contribution in [0.5, 0.6) is 11.5 Å². The summed E-state index contributed by atoms with van der Waals surface area (Å²) in [4.78, 5) is 22.3. The second-order valence-corrected chi connectivity index (χ2v) is 8.34. The van der Waals surface area contributed by atoms with Crippen LogP contribution >= 0.6 is 0 Å². The summed E-state index contributed by atoms with van der Waals surface area (Å²) in [6.45, 7) is 1.35. The molecular formula is C28H29N5O4. The number of rotatable bonds is 12. The molecule has 0 atom stereocenters. The van der Waals surface area contributed by atoms with E-state index in [2.05, 4.69) is 15.3 Å². The van der Waals surface area contributed by atoms with Gasteiger partial charge in [-0.3, -0.25) is 10.1 Å². The molecule has 0 unspecified atom stereocenters. The molecule has 0 radical (unpaired) electrons. The van der Waals surface area contributed by atoms with E-state index in [1.54, 1.807) is 14.2 Å². The first-order chi connectivity index (χ1) is 18.1. The van der Waals surface area contributed by atoms with E-state index in [9.17, 15) is 10.1 Å². The van der Waals surface area contributed by atoms with Gasteiger partial charge in [-0.05, 0) is 35.2 Å². The van der Waals surface area contributed by atoms with Crippen molar-refractivity contribution >= 4 is 17.3 Å². The van der Waals surface area contributed by atoms with Gasteiger partial charge in [0.05, 0.1) is 19.1 Å². The molecule has 0 aliphatic rings. The minimum atomic E-state index is -0.420. The van der Waals surface area contributed by atoms with Gasteiger partial charge in [0, 0.05) is 19.6 Å². The number of benzene rings is 3. The Bertz CT molecular complexity index is 1280. The lowest BCUT2D eigenvalue weighted by Crippen LogP contribution is -2.25. The van der Waals surface area contributed by atoms with Crippen LogP contribution in [-0.4, -0.2) is 35.7 Å². The molecule has 0 saturated carbocycles. The molecule has 190 valence electrons. The molecule has 0 amide bonds. The molecule has 0 saturated heterocycles. The Labute approximate surface area is 215 Å². The topological polar surface area (TPSA) is 103 Å². The molecule has 1 heterocycles. The zero-order chi connectivity index (χ0) is 26.0. The normalized spacial score (nSPS) is 10.5. The number of nitro groups is 1. The molecule has 4 rings (SSSR count). The molecule has 9 nitrogen and oxygen atoms in total. The smallest absolute Gasteiger partial charge is 0.353 e. The van der Waals surface area contributed by atoms with Crippen molar-refractivity contribution in [3.05, 3.63) is 112 Å². The van der Waals surface area contributed by atoms with Crippen molar-refractivity contribution in [2.75, 3.05) is 31.0 Å². The average molecular weight is 500 g/mol. The van der Waals surface area contributed by atoms with E-state index in [1.807, 2.05) is 83.8 Å². The third-order valence-corrected chi connectivity index (χ3v) is 5.87. The Morgan fingerprint density at radius 2 is 1.46 bits per heavy atom. The zero-order valence-corrected chi connectivity index (χ0v) is 20.8. The Morgan fingerprint density at radius 3 is 2.03 bits per heavy atom. The summed E-state index contributed by atoms with van der Waals surface area (Å²) in [5, 5.41) is 15.4. The van der Waals surface area contributed by atoms with Crippen LogP contribution in [0.25, 0.3) is 0 Å². The van der Waals surface area contributed by atoms with Gasteiger partial charge in [-0.15, -0.1) is 0 Å². The van der Waals surface area contributed by atoms with Crippen LogP contribution in [0.4, 0.5) is 17.3 Å². The van der Waals surface area contributed by atoms with E-state index in [0.717, 1.165) is 16.7 Å². The van der Waals surface area contributed by atoms with Crippen molar-refractivity contribution in [2.24, 2.45) is 0 Å². The fraction of sp³-hybridized carbons (Fsp3) is 0.214. The van der Waals surface area contributed by atoms with Gasteiger partial charge in [0.1, 0.15) is 6.33 Å². The van der Waals surface area contributed by atoms with Crippen LogP contribution in [0.3, 0.4) is 0 Å². The number of hydrogen-bond donors (Lipinski definition) is 1. The Balaban J connectivity index is 1.59. The van der Waals surface area contributed by atoms with E-state index in [1.165, 1.54) is 6.33 Å². The van der Waals surface area contributed by atoms with Crippen molar-refractivity contribution < 1.29 is 14.4 Å². The van der Waals surface area contributed by atoms with E-state index in [-0.39, 0.29) is 17.3 Å². The zero-order valence-electron chi connectivity index (χ0n) is 20.8. The third-order valence-electron chi connectivity index (χ3n) is 5.87. The number of aromatic nitrogens is 2. The number of anilines is 2. The van der Waals surface area contributed by atoms with Gasteiger partial charge < -0.3 is 19.7 Å². The van der Waals surface area contributed by atoms with Crippen molar-refractivity contribution in [3.8, 4) is 11.5 Å². The molecule has 1 aromatic heterocycles. The maximum Gasteiger partial charge on any atom is 0.353 e. The SMILES string of the molecule is COc1ccc(CCNc2ncnc(N(Cc3ccccc3)Cc3ccccc3)c2[N+](=O)[O-])cc1OC. The van der Waals surface area contributed by atoms with Crippen LogP contribution in [0.2, 0.25) is 0 Å². The second kappa shape index (κ2) is 12.3. The van der Waals surface area contributed by atoms with E-state index in [0.29, 0.717) is 37.6 Å². The van der Waals surface area contributed by atoms with Gasteiger partial charge in [0.25, 0.3) is 0 Å². The lowest BCUT2D eigenvalue weighted by Gasteiger charge is -2.24. The van der Waals surface area contributed by atoms with Crippen molar-refractivity contribution in [3.63, 3.8) is 0 Å². The average Bonchev–Trinajstić information content (AvgIpc) is 2.93. The van der Waals surface area contributed by atoms with Crippen LogP contribution < -0.4 is 19.7 Å². The summed E-state index contributed by atoms with van der Waals surface area (Å²) in [6, 6.07) is 25.3. The predicted molar refractivity (Wildman–Crippen MR) is 143 cm³/mol. The predicted octanol–water partition coefficient (Wildman–Crippen LogP) is 5.26. The second-order valence-electron chi connectivity index (χ2n) is 8.34. The highest BCUT2D eigenvalue weighted by atomic mass is 16.6. The Hall–Kier alpha value is -4.66. The Kier molecular flexibility index (Phi) is 8.49. The summed E-state index contributed by atoms with van der Waals surface area (Å²) in [5.74, 6) is 1.72. The molecule has 4 aromatic rings. The quantitative estimate of drug-likeness (QED) is 0.208. The van der Waals surface area contributed by atoms with Crippen LogP contribution in [-0.2, 0) is 19.5 Å². The third kappa shape index (κ3) is 6.52. The lowest BCUT2D eigenvalue weighted by atomic mass is 10.1. The van der Waals surface area contributed by atoms with Gasteiger partial charge in [-0.1, -0.05) is 66.7 Å². The van der Waals surface area contributed by atoms with Crippen LogP contribution in [0, 0.1) is 10.1 Å². The van der Waals surface area contributed by atoms with Gasteiger partial charge in [-0.25, -0.2) is 9.97 Å². The van der Waals surface area contributed by atoms with E-state index in [4.69, 9.17) is 9.47 Å². The molecule has 3 aromatic carbocycles. The monoisotopic (exact) mass is 499 g/mol. The van der Waals surface area contributed by atoms with Crippen molar-refractivity contribution in [1.82, 2.24) is 9.97 Å². The molecule has 9 heteroatoms. The van der Waals surface area contributed by atoms with Gasteiger partial charge in [0.2, 0.25) is 11.6 Å². The van der Waals surface area contributed by atoms with E-state index < -0.39 is 4.92 Å². The standard InChI is InChI=1S/C28H29N5O4/c1-36-24-14-13-21(17-25(24)37-2)15-16-29-27-26(33(34)35)28(31-20-30-27)32(18-22-9-5-3-6-10-22)19-23-11-7-4-8-12-23/h3-14,17,20H,15-16,18-19H2,1-2H3,(H,29,30,31). The number of nitrogens with one attached hydrogen (secondary N) is 1. The number of nitrogens with zero attached hydrogens (tertiary/aromatic N) is 4. The summed E-state index contributed by atoms with van der Waals surface area (Å²) < 4.78 is 10.7. The maximum absolute atomic E-state index is 12.3. The fourth-order valence-corrected chi connectivity index (χ4v) is 4.07. The number of methoxy groups -OCH3 is 2.